The maximum atomic E-state index is 13.2. The van der Waals surface area contributed by atoms with Crippen molar-refractivity contribution in [3.05, 3.63) is 70.7 Å². The fourth-order valence-corrected chi connectivity index (χ4v) is 3.29. The second-order valence-electron chi connectivity index (χ2n) is 7.05. The number of hydrogen-bond donors (Lipinski definition) is 2. The van der Waals surface area contributed by atoms with E-state index in [1.54, 1.807) is 12.1 Å². The molecule has 2 aromatic carbocycles. The van der Waals surface area contributed by atoms with Crippen molar-refractivity contribution in [2.45, 2.75) is 33.1 Å². The Hall–Kier alpha value is -3.28. The minimum atomic E-state index is -0.306. The lowest BCUT2D eigenvalue weighted by atomic mass is 9.95. The zero-order chi connectivity index (χ0) is 19.7. The van der Waals surface area contributed by atoms with Gasteiger partial charge in [0.05, 0.1) is 11.3 Å². The summed E-state index contributed by atoms with van der Waals surface area (Å²) in [6.45, 7) is 4.10. The molecule has 0 aliphatic heterocycles. The van der Waals surface area contributed by atoms with Gasteiger partial charge in [0.15, 0.2) is 5.78 Å². The number of rotatable bonds is 4. The minimum Gasteiger partial charge on any atom is -0.339 e. The van der Waals surface area contributed by atoms with Crippen LogP contribution in [-0.2, 0) is 6.42 Å². The average molecular weight is 376 g/mol. The van der Waals surface area contributed by atoms with Crippen LogP contribution >= 0.6 is 0 Å². The van der Waals surface area contributed by atoms with Crippen molar-refractivity contribution in [3.63, 3.8) is 0 Å². The first-order valence-electron chi connectivity index (χ1n) is 9.30. The fraction of sp³-hybridized carbons (Fsp3) is 0.227. The van der Waals surface area contributed by atoms with E-state index in [0.29, 0.717) is 29.4 Å². The van der Waals surface area contributed by atoms with Gasteiger partial charge in [-0.3, -0.25) is 4.79 Å². The molecule has 0 amide bonds. The van der Waals surface area contributed by atoms with Crippen LogP contribution in [0.2, 0.25) is 0 Å². The summed E-state index contributed by atoms with van der Waals surface area (Å²) in [7, 11) is 0. The van der Waals surface area contributed by atoms with Crippen LogP contribution in [0, 0.1) is 19.7 Å². The van der Waals surface area contributed by atoms with Gasteiger partial charge in [-0.1, -0.05) is 6.07 Å². The first-order valence-corrected chi connectivity index (χ1v) is 9.30. The normalized spacial score (nSPS) is 13.2. The third-order valence-electron chi connectivity index (χ3n) is 4.95. The van der Waals surface area contributed by atoms with Gasteiger partial charge < -0.3 is 10.6 Å². The first-order chi connectivity index (χ1) is 13.5. The Morgan fingerprint density at radius 1 is 0.893 bits per heavy atom. The van der Waals surface area contributed by atoms with Gasteiger partial charge in [0.2, 0.25) is 5.95 Å². The van der Waals surface area contributed by atoms with E-state index in [9.17, 15) is 9.18 Å². The molecule has 1 aromatic heterocycles. The quantitative estimate of drug-likeness (QED) is 0.652. The molecule has 5 nitrogen and oxygen atoms in total. The Kier molecular flexibility index (Phi) is 4.77. The number of aromatic nitrogens is 2. The molecule has 2 N–H and O–H groups in total. The average Bonchev–Trinajstić information content (AvgIpc) is 2.66. The summed E-state index contributed by atoms with van der Waals surface area (Å²) in [5.74, 6) is 0.634. The van der Waals surface area contributed by atoms with Gasteiger partial charge in [-0.2, -0.15) is 4.98 Å². The highest BCUT2D eigenvalue weighted by atomic mass is 19.1. The van der Waals surface area contributed by atoms with Crippen molar-refractivity contribution < 1.29 is 9.18 Å². The summed E-state index contributed by atoms with van der Waals surface area (Å²) < 4.78 is 13.2. The Labute approximate surface area is 163 Å². The summed E-state index contributed by atoms with van der Waals surface area (Å²) in [6.07, 6.45) is 2.01. The van der Waals surface area contributed by atoms with Crippen molar-refractivity contribution >= 4 is 28.9 Å². The van der Waals surface area contributed by atoms with Crippen LogP contribution in [0.4, 0.5) is 27.5 Å². The van der Waals surface area contributed by atoms with E-state index < -0.39 is 0 Å². The second-order valence-corrected chi connectivity index (χ2v) is 7.05. The Morgan fingerprint density at radius 3 is 2.39 bits per heavy atom. The van der Waals surface area contributed by atoms with Gasteiger partial charge >= 0.3 is 0 Å². The number of halogens is 1. The number of ketones is 1. The highest BCUT2D eigenvalue weighted by Gasteiger charge is 2.24. The minimum absolute atomic E-state index is 0.0564. The lowest BCUT2D eigenvalue weighted by Crippen LogP contribution is -2.17. The molecule has 0 fully saturated rings. The van der Waals surface area contributed by atoms with E-state index in [4.69, 9.17) is 0 Å². The van der Waals surface area contributed by atoms with Crippen LogP contribution in [0.3, 0.4) is 0 Å². The number of hydrogen-bond acceptors (Lipinski definition) is 5. The summed E-state index contributed by atoms with van der Waals surface area (Å²) in [5, 5.41) is 6.40. The molecule has 0 radical (unpaired) electrons. The maximum absolute atomic E-state index is 13.2. The first kappa shape index (κ1) is 18.1. The lowest BCUT2D eigenvalue weighted by molar-refractivity contribution is 0.0972. The predicted octanol–water partition coefficient (Wildman–Crippen LogP) is 5.24. The molecule has 0 saturated heterocycles. The number of fused-ring (bicyclic) bond motifs is 1. The highest BCUT2D eigenvalue weighted by molar-refractivity contribution is 6.03. The van der Waals surface area contributed by atoms with Crippen molar-refractivity contribution in [3.8, 4) is 0 Å². The summed E-state index contributed by atoms with van der Waals surface area (Å²) in [6, 6.07) is 12.0. The molecule has 4 rings (SSSR count). The van der Waals surface area contributed by atoms with Gasteiger partial charge in [-0.25, -0.2) is 9.37 Å². The standard InChI is InChI=1S/C22H21FN4O/c1-13-6-9-17(12-14(13)2)24-21-20-18(4-3-5-19(20)28)26-22(27-21)25-16-10-7-15(23)8-11-16/h6-12H,3-5H2,1-2H3,(H2,24,25,26,27). The number of nitrogens with one attached hydrogen (secondary N) is 2. The molecule has 28 heavy (non-hydrogen) atoms. The van der Waals surface area contributed by atoms with E-state index in [0.717, 1.165) is 29.8 Å². The molecule has 0 saturated carbocycles. The Bertz CT molecular complexity index is 1050. The molecule has 1 heterocycles. The number of Topliss-reactive ketones (excluding diaryl/α,β-unsaturated/α-hetero) is 1. The van der Waals surface area contributed by atoms with E-state index in [1.807, 2.05) is 25.1 Å². The van der Waals surface area contributed by atoms with Crippen LogP contribution < -0.4 is 10.6 Å². The monoisotopic (exact) mass is 376 g/mol. The van der Waals surface area contributed by atoms with E-state index >= 15 is 0 Å². The molecule has 0 atom stereocenters. The smallest absolute Gasteiger partial charge is 0.229 e. The lowest BCUT2D eigenvalue weighted by Gasteiger charge is -2.19. The number of carbonyl (C=O) groups is 1. The van der Waals surface area contributed by atoms with Crippen molar-refractivity contribution in [2.75, 3.05) is 10.6 Å². The molecular weight excluding hydrogens is 355 g/mol. The van der Waals surface area contributed by atoms with Crippen LogP contribution in [0.1, 0.15) is 40.0 Å². The van der Waals surface area contributed by atoms with Gasteiger partial charge in [-0.15, -0.1) is 0 Å². The molecule has 1 aliphatic rings. The molecule has 0 bridgehead atoms. The maximum Gasteiger partial charge on any atom is 0.229 e. The number of aryl methyl sites for hydroxylation is 3. The molecule has 142 valence electrons. The van der Waals surface area contributed by atoms with Crippen molar-refractivity contribution in [1.29, 1.82) is 0 Å². The van der Waals surface area contributed by atoms with E-state index in [1.165, 1.54) is 17.7 Å². The second kappa shape index (κ2) is 7.38. The van der Waals surface area contributed by atoms with Crippen LogP contribution in [0.5, 0.6) is 0 Å². The molecule has 6 heteroatoms. The third kappa shape index (κ3) is 3.71. The summed E-state index contributed by atoms with van der Waals surface area (Å²) >= 11 is 0. The fourth-order valence-electron chi connectivity index (χ4n) is 3.29. The SMILES string of the molecule is Cc1ccc(Nc2nc(Nc3ccc(F)cc3)nc3c2C(=O)CCC3)cc1C. The number of carbonyl (C=O) groups excluding carboxylic acids is 1. The molecule has 0 spiro atoms. The summed E-state index contributed by atoms with van der Waals surface area (Å²) in [4.78, 5) is 21.6. The van der Waals surface area contributed by atoms with Gasteiger partial charge in [-0.05, 0) is 74.2 Å². The largest absolute Gasteiger partial charge is 0.339 e. The topological polar surface area (TPSA) is 66.9 Å². The Balaban J connectivity index is 1.73. The molecular formula is C22H21FN4O. The van der Waals surface area contributed by atoms with Crippen LogP contribution in [-0.4, -0.2) is 15.8 Å². The third-order valence-corrected chi connectivity index (χ3v) is 4.95. The molecule has 3 aromatic rings. The van der Waals surface area contributed by atoms with Crippen LogP contribution in [0.15, 0.2) is 42.5 Å². The van der Waals surface area contributed by atoms with E-state index in [2.05, 4.69) is 27.5 Å². The van der Waals surface area contributed by atoms with Crippen molar-refractivity contribution in [1.82, 2.24) is 9.97 Å². The van der Waals surface area contributed by atoms with Crippen LogP contribution in [0.25, 0.3) is 0 Å². The predicted molar refractivity (Wildman–Crippen MR) is 108 cm³/mol. The van der Waals surface area contributed by atoms with Gasteiger partial charge in [0, 0.05) is 17.8 Å². The van der Waals surface area contributed by atoms with E-state index in [-0.39, 0.29) is 11.6 Å². The van der Waals surface area contributed by atoms with Gasteiger partial charge in [0.1, 0.15) is 11.6 Å². The zero-order valence-corrected chi connectivity index (χ0v) is 15.8. The summed E-state index contributed by atoms with van der Waals surface area (Å²) in [5.41, 5.74) is 5.21. The highest BCUT2D eigenvalue weighted by Crippen LogP contribution is 2.30. The number of nitrogens with zero attached hydrogens (tertiary/aromatic N) is 2. The molecule has 1 aliphatic carbocycles. The van der Waals surface area contributed by atoms with Crippen molar-refractivity contribution in [2.24, 2.45) is 0 Å². The Morgan fingerprint density at radius 2 is 1.64 bits per heavy atom. The zero-order valence-electron chi connectivity index (χ0n) is 15.8. The van der Waals surface area contributed by atoms with Gasteiger partial charge in [0.25, 0.3) is 0 Å². The molecule has 0 unspecified atom stereocenters. The number of benzene rings is 2. The number of anilines is 4.